The first-order valence-corrected chi connectivity index (χ1v) is 13.9. The van der Waals surface area contributed by atoms with Gasteiger partial charge in [-0.1, -0.05) is 36.4 Å². The highest BCUT2D eigenvalue weighted by atomic mass is 16.5. The number of hydrogen-bond acceptors (Lipinski definition) is 4. The zero-order valence-electron chi connectivity index (χ0n) is 22.7. The molecule has 0 saturated heterocycles. The highest BCUT2D eigenvalue weighted by molar-refractivity contribution is 6.07. The third-order valence-electron chi connectivity index (χ3n) is 8.66. The average molecular weight is 509 g/mol. The molecule has 1 aliphatic heterocycles. The second-order valence-corrected chi connectivity index (χ2v) is 11.0. The summed E-state index contributed by atoms with van der Waals surface area (Å²) < 4.78 is 7.74. The molecule has 3 aliphatic rings. The number of ketones is 2. The monoisotopic (exact) mass is 508 g/mol. The van der Waals surface area contributed by atoms with Crippen LogP contribution in [0.3, 0.4) is 0 Å². The summed E-state index contributed by atoms with van der Waals surface area (Å²) in [5, 5.41) is 1.13. The Kier molecular flexibility index (Phi) is 6.56. The lowest BCUT2D eigenvalue weighted by atomic mass is 9.71. The minimum absolute atomic E-state index is 0.189. The van der Waals surface area contributed by atoms with Gasteiger partial charge in [0, 0.05) is 78.6 Å². The van der Waals surface area contributed by atoms with Crippen molar-refractivity contribution in [2.45, 2.75) is 64.8 Å². The van der Waals surface area contributed by atoms with Crippen molar-refractivity contribution in [2.24, 2.45) is 0 Å². The molecule has 6 rings (SSSR count). The molecule has 2 aliphatic carbocycles. The number of allylic oxidation sites excluding steroid dienone is 4. The van der Waals surface area contributed by atoms with Crippen molar-refractivity contribution >= 4 is 22.5 Å². The molecule has 0 atom stereocenters. The molecule has 2 aromatic carbocycles. The van der Waals surface area contributed by atoms with E-state index in [0.717, 1.165) is 71.2 Å². The zero-order chi connectivity index (χ0) is 26.4. The van der Waals surface area contributed by atoms with Crippen LogP contribution in [0.2, 0.25) is 0 Å². The van der Waals surface area contributed by atoms with Crippen LogP contribution >= 0.6 is 0 Å². The van der Waals surface area contributed by atoms with Gasteiger partial charge in [-0.25, -0.2) is 0 Å². The Morgan fingerprint density at radius 2 is 1.55 bits per heavy atom. The second-order valence-electron chi connectivity index (χ2n) is 11.0. The fourth-order valence-electron chi connectivity index (χ4n) is 6.71. The van der Waals surface area contributed by atoms with Crippen molar-refractivity contribution in [3.8, 4) is 0 Å². The Labute approximate surface area is 224 Å². The molecule has 3 aromatic rings. The van der Waals surface area contributed by atoms with Gasteiger partial charge < -0.3 is 14.2 Å². The summed E-state index contributed by atoms with van der Waals surface area (Å²) >= 11 is 0. The number of para-hydroxylation sites is 1. The van der Waals surface area contributed by atoms with Crippen molar-refractivity contribution in [3.63, 3.8) is 0 Å². The van der Waals surface area contributed by atoms with Crippen molar-refractivity contribution in [1.29, 1.82) is 0 Å². The number of Topliss-reactive ketones (excluding diaryl/α,β-unsaturated/α-hetero) is 2. The van der Waals surface area contributed by atoms with Crippen molar-refractivity contribution in [1.82, 2.24) is 9.47 Å². The van der Waals surface area contributed by atoms with E-state index in [1.165, 1.54) is 16.7 Å². The molecular weight excluding hydrogens is 472 g/mol. The number of hydrogen-bond donors (Lipinski definition) is 0. The van der Waals surface area contributed by atoms with E-state index in [1.54, 1.807) is 7.11 Å². The van der Waals surface area contributed by atoms with Gasteiger partial charge in [0.1, 0.15) is 0 Å². The molecule has 5 nitrogen and oxygen atoms in total. The van der Waals surface area contributed by atoms with Crippen molar-refractivity contribution in [2.75, 3.05) is 20.3 Å². The largest absolute Gasteiger partial charge is 0.383 e. The molecule has 0 saturated carbocycles. The van der Waals surface area contributed by atoms with Crippen LogP contribution < -0.4 is 0 Å². The van der Waals surface area contributed by atoms with Gasteiger partial charge in [0.2, 0.25) is 0 Å². The summed E-state index contributed by atoms with van der Waals surface area (Å²) in [6.45, 7) is 6.28. The maximum atomic E-state index is 13.7. The summed E-state index contributed by atoms with van der Waals surface area (Å²) in [6.07, 6.45) is 6.77. The predicted octanol–water partition coefficient (Wildman–Crippen LogP) is 6.37. The molecule has 0 spiro atoms. The van der Waals surface area contributed by atoms with E-state index in [2.05, 4.69) is 72.0 Å². The van der Waals surface area contributed by atoms with Crippen molar-refractivity contribution < 1.29 is 14.3 Å². The third-order valence-corrected chi connectivity index (χ3v) is 8.66. The Morgan fingerprint density at radius 1 is 0.868 bits per heavy atom. The summed E-state index contributed by atoms with van der Waals surface area (Å²) in [5.41, 5.74) is 9.96. The molecule has 5 heteroatoms. The first-order chi connectivity index (χ1) is 18.5. The maximum Gasteiger partial charge on any atom is 0.161 e. The Balaban J connectivity index is 1.55. The Morgan fingerprint density at radius 3 is 2.21 bits per heavy atom. The SMILES string of the molecule is COCCN1C2=C(C(=O)CCC2)C(c2cn(Cc3ccc(C)c(C)c3)c3ccccc23)C2=C1CCCC2=O. The van der Waals surface area contributed by atoms with Crippen LogP contribution in [-0.4, -0.2) is 41.3 Å². The van der Waals surface area contributed by atoms with Crippen LogP contribution in [0.1, 0.15) is 66.7 Å². The summed E-state index contributed by atoms with van der Waals surface area (Å²) in [4.78, 5) is 29.6. The van der Waals surface area contributed by atoms with Gasteiger partial charge in [0.25, 0.3) is 0 Å². The summed E-state index contributed by atoms with van der Waals surface area (Å²) in [5.74, 6) is 0.0782. The Hall–Kier alpha value is -3.44. The number of ether oxygens (including phenoxy) is 1. The molecule has 0 unspecified atom stereocenters. The number of aromatic nitrogens is 1. The zero-order valence-corrected chi connectivity index (χ0v) is 22.7. The minimum atomic E-state index is -0.301. The van der Waals surface area contributed by atoms with E-state index < -0.39 is 0 Å². The van der Waals surface area contributed by atoms with Crippen LogP contribution in [0.15, 0.2) is 71.2 Å². The molecule has 0 bridgehead atoms. The van der Waals surface area contributed by atoms with Gasteiger partial charge in [0.05, 0.1) is 6.61 Å². The quantitative estimate of drug-likeness (QED) is 0.388. The standard InChI is InChI=1S/C33H36N2O3/c1-21-14-15-23(18-22(21)2)19-34-20-25(24-8-4-5-9-26(24)34)31-32-27(10-6-12-29(32)36)35(16-17-38-3)28-11-7-13-30(37)33(28)31/h4-5,8-9,14-15,18,20,31H,6-7,10-13,16-17,19H2,1-3H3. The highest BCUT2D eigenvalue weighted by Crippen LogP contribution is 2.50. The summed E-state index contributed by atoms with van der Waals surface area (Å²) in [7, 11) is 1.71. The first kappa shape index (κ1) is 24.9. The van der Waals surface area contributed by atoms with Gasteiger partial charge in [-0.15, -0.1) is 0 Å². The van der Waals surface area contributed by atoms with Crippen LogP contribution in [0.5, 0.6) is 0 Å². The molecule has 0 amide bonds. The highest BCUT2D eigenvalue weighted by Gasteiger charge is 2.44. The summed E-state index contributed by atoms with van der Waals surface area (Å²) in [6, 6.07) is 15.1. The second kappa shape index (κ2) is 10.0. The lowest BCUT2D eigenvalue weighted by molar-refractivity contribution is -0.117. The molecular formula is C33H36N2O3. The van der Waals surface area contributed by atoms with Crippen LogP contribution in [0.25, 0.3) is 10.9 Å². The molecule has 1 aromatic heterocycles. The van der Waals surface area contributed by atoms with E-state index in [4.69, 9.17) is 4.74 Å². The van der Waals surface area contributed by atoms with E-state index in [1.807, 2.05) is 0 Å². The third kappa shape index (κ3) is 4.14. The lowest BCUT2D eigenvalue weighted by Crippen LogP contribution is -2.40. The average Bonchev–Trinajstić information content (AvgIpc) is 3.27. The first-order valence-electron chi connectivity index (χ1n) is 13.9. The van der Waals surface area contributed by atoms with E-state index in [9.17, 15) is 9.59 Å². The fourth-order valence-corrected chi connectivity index (χ4v) is 6.71. The topological polar surface area (TPSA) is 51.5 Å². The predicted molar refractivity (Wildman–Crippen MR) is 150 cm³/mol. The number of carbonyl (C=O) groups is 2. The van der Waals surface area contributed by atoms with Gasteiger partial charge in [-0.3, -0.25) is 9.59 Å². The van der Waals surface area contributed by atoms with E-state index in [0.29, 0.717) is 26.0 Å². The van der Waals surface area contributed by atoms with Gasteiger partial charge >= 0.3 is 0 Å². The number of aryl methyl sites for hydroxylation is 2. The van der Waals surface area contributed by atoms with E-state index in [-0.39, 0.29) is 17.5 Å². The number of benzene rings is 2. The molecule has 2 heterocycles. The van der Waals surface area contributed by atoms with Crippen LogP contribution in [0.4, 0.5) is 0 Å². The normalized spacial score (nSPS) is 18.4. The Bertz CT molecular complexity index is 1460. The number of fused-ring (bicyclic) bond motifs is 1. The molecule has 0 N–H and O–H groups in total. The smallest absolute Gasteiger partial charge is 0.161 e. The van der Waals surface area contributed by atoms with Crippen LogP contribution in [-0.2, 0) is 20.9 Å². The number of methoxy groups -OCH3 is 1. The lowest BCUT2D eigenvalue weighted by Gasteiger charge is -2.43. The van der Waals surface area contributed by atoms with Gasteiger partial charge in [-0.05, 0) is 67.9 Å². The number of carbonyl (C=O) groups excluding carboxylic acids is 2. The molecule has 196 valence electrons. The van der Waals surface area contributed by atoms with Gasteiger partial charge in [-0.2, -0.15) is 0 Å². The van der Waals surface area contributed by atoms with E-state index >= 15 is 0 Å². The molecule has 0 fully saturated rings. The maximum absolute atomic E-state index is 13.7. The molecule has 0 radical (unpaired) electrons. The number of rotatable bonds is 6. The van der Waals surface area contributed by atoms with Crippen LogP contribution in [0, 0.1) is 13.8 Å². The van der Waals surface area contributed by atoms with Gasteiger partial charge in [0.15, 0.2) is 11.6 Å². The minimum Gasteiger partial charge on any atom is -0.383 e. The van der Waals surface area contributed by atoms with Crippen molar-refractivity contribution in [3.05, 3.63) is 93.5 Å². The number of nitrogens with zero attached hydrogens (tertiary/aromatic N) is 2. The molecule has 38 heavy (non-hydrogen) atoms. The fraction of sp³-hybridized carbons (Fsp3) is 0.394.